The van der Waals surface area contributed by atoms with Crippen molar-refractivity contribution in [1.82, 2.24) is 10.9 Å². The molecule has 3 amide bonds. The molecule has 0 saturated carbocycles. The molecular formula is C19H21N3O3S. The van der Waals surface area contributed by atoms with E-state index in [1.54, 1.807) is 24.3 Å². The first-order valence-corrected chi connectivity index (χ1v) is 9.44. The Morgan fingerprint density at radius 2 is 1.62 bits per heavy atom. The van der Waals surface area contributed by atoms with Crippen LogP contribution in [-0.4, -0.2) is 17.7 Å². The van der Waals surface area contributed by atoms with Crippen molar-refractivity contribution in [1.29, 1.82) is 0 Å². The summed E-state index contributed by atoms with van der Waals surface area (Å²) in [7, 11) is 0. The van der Waals surface area contributed by atoms with Crippen molar-refractivity contribution in [2.24, 2.45) is 0 Å². The zero-order valence-corrected chi connectivity index (χ0v) is 15.4. The molecule has 0 aliphatic heterocycles. The molecule has 0 saturated heterocycles. The number of hydrogen-bond acceptors (Lipinski definition) is 4. The zero-order chi connectivity index (χ0) is 18.5. The number of anilines is 1. The lowest BCUT2D eigenvalue weighted by atomic mass is 10.1. The van der Waals surface area contributed by atoms with Crippen LogP contribution in [-0.2, 0) is 17.6 Å². The molecule has 0 fully saturated rings. The fraction of sp³-hybridized carbons (Fsp3) is 0.316. The van der Waals surface area contributed by atoms with Gasteiger partial charge in [-0.2, -0.15) is 0 Å². The van der Waals surface area contributed by atoms with E-state index in [9.17, 15) is 14.4 Å². The monoisotopic (exact) mass is 371 g/mol. The van der Waals surface area contributed by atoms with Crippen LogP contribution in [0.2, 0.25) is 0 Å². The van der Waals surface area contributed by atoms with E-state index in [0.29, 0.717) is 16.1 Å². The normalized spacial score (nSPS) is 13.3. The smallest absolute Gasteiger partial charge is 0.279 e. The van der Waals surface area contributed by atoms with Crippen LogP contribution in [0.5, 0.6) is 0 Å². The predicted octanol–water partition coefficient (Wildman–Crippen LogP) is 3.05. The first kappa shape index (κ1) is 18.1. The van der Waals surface area contributed by atoms with E-state index in [4.69, 9.17) is 0 Å². The third kappa shape index (κ3) is 4.49. The Bertz CT molecular complexity index is 804. The number of carbonyl (C=O) groups is 3. The number of aryl methyl sites for hydroxylation is 2. The van der Waals surface area contributed by atoms with Gasteiger partial charge in [0.1, 0.15) is 0 Å². The molecule has 26 heavy (non-hydrogen) atoms. The van der Waals surface area contributed by atoms with Crippen LogP contribution in [0.1, 0.15) is 56.7 Å². The molecule has 0 bridgehead atoms. The molecule has 0 radical (unpaired) electrons. The van der Waals surface area contributed by atoms with E-state index < -0.39 is 5.91 Å². The Labute approximate surface area is 156 Å². The van der Waals surface area contributed by atoms with Crippen LogP contribution < -0.4 is 16.2 Å². The minimum Gasteiger partial charge on any atom is -0.326 e. The third-order valence-corrected chi connectivity index (χ3v) is 5.46. The summed E-state index contributed by atoms with van der Waals surface area (Å²) in [4.78, 5) is 37.3. The van der Waals surface area contributed by atoms with Gasteiger partial charge in [0.15, 0.2) is 0 Å². The fourth-order valence-electron chi connectivity index (χ4n) is 2.93. The number of nitrogens with one attached hydrogen (secondary N) is 3. The van der Waals surface area contributed by atoms with E-state index in [2.05, 4.69) is 16.2 Å². The van der Waals surface area contributed by atoms with E-state index in [-0.39, 0.29) is 11.8 Å². The Hall–Kier alpha value is -2.67. The van der Waals surface area contributed by atoms with E-state index >= 15 is 0 Å². The third-order valence-electron chi connectivity index (χ3n) is 4.23. The average molecular weight is 371 g/mol. The number of carbonyl (C=O) groups excluding carboxylic acids is 3. The van der Waals surface area contributed by atoms with Gasteiger partial charge in [0.2, 0.25) is 5.91 Å². The Kier molecular flexibility index (Phi) is 5.68. The lowest BCUT2D eigenvalue weighted by molar-refractivity contribution is -0.114. The maximum atomic E-state index is 12.3. The SMILES string of the molecule is CC(=O)Nc1ccc(C(=O)NNC(=O)c2cc3c(s2)CCCCC3)cc1. The lowest BCUT2D eigenvalue weighted by Crippen LogP contribution is -2.41. The molecule has 2 aromatic rings. The van der Waals surface area contributed by atoms with Crippen molar-refractivity contribution in [2.75, 3.05) is 5.32 Å². The molecule has 3 rings (SSSR count). The highest BCUT2D eigenvalue weighted by Gasteiger charge is 2.17. The van der Waals surface area contributed by atoms with Crippen LogP contribution in [0, 0.1) is 0 Å². The van der Waals surface area contributed by atoms with E-state index in [1.165, 1.54) is 41.5 Å². The van der Waals surface area contributed by atoms with Gasteiger partial charge in [-0.25, -0.2) is 0 Å². The van der Waals surface area contributed by atoms with Crippen LogP contribution in [0.25, 0.3) is 0 Å². The summed E-state index contributed by atoms with van der Waals surface area (Å²) < 4.78 is 0. The molecule has 1 heterocycles. The van der Waals surface area contributed by atoms with Gasteiger partial charge in [-0.1, -0.05) is 6.42 Å². The van der Waals surface area contributed by atoms with Gasteiger partial charge in [0.25, 0.3) is 11.8 Å². The molecule has 1 aromatic carbocycles. The second-order valence-electron chi connectivity index (χ2n) is 6.29. The van der Waals surface area contributed by atoms with Crippen molar-refractivity contribution in [2.45, 2.75) is 39.0 Å². The summed E-state index contributed by atoms with van der Waals surface area (Å²) in [6.45, 7) is 1.42. The number of hydrazine groups is 1. The van der Waals surface area contributed by atoms with E-state index in [1.807, 2.05) is 6.07 Å². The molecule has 0 spiro atoms. The maximum absolute atomic E-state index is 12.3. The van der Waals surface area contributed by atoms with Gasteiger partial charge in [-0.15, -0.1) is 11.3 Å². The molecule has 7 heteroatoms. The van der Waals surface area contributed by atoms with E-state index in [0.717, 1.165) is 19.3 Å². The highest BCUT2D eigenvalue weighted by atomic mass is 32.1. The number of amides is 3. The van der Waals surface area contributed by atoms with Crippen molar-refractivity contribution >= 4 is 34.7 Å². The Morgan fingerprint density at radius 3 is 2.35 bits per heavy atom. The van der Waals surface area contributed by atoms with Gasteiger partial charge >= 0.3 is 0 Å². The number of benzene rings is 1. The standard InChI is InChI=1S/C19H21N3O3S/c1-12(23)20-15-9-7-13(8-10-15)18(24)21-22-19(25)17-11-14-5-3-2-4-6-16(14)26-17/h7-11H,2-6H2,1H3,(H,20,23)(H,21,24)(H,22,25). The minimum atomic E-state index is -0.411. The largest absolute Gasteiger partial charge is 0.326 e. The topological polar surface area (TPSA) is 87.3 Å². The zero-order valence-electron chi connectivity index (χ0n) is 14.6. The molecule has 3 N–H and O–H groups in total. The van der Waals surface area contributed by atoms with Gasteiger partial charge in [0, 0.05) is 23.1 Å². The Morgan fingerprint density at radius 1 is 0.923 bits per heavy atom. The molecule has 0 atom stereocenters. The summed E-state index contributed by atoms with van der Waals surface area (Å²) in [5.74, 6) is -0.888. The van der Waals surface area contributed by atoms with Crippen molar-refractivity contribution < 1.29 is 14.4 Å². The van der Waals surface area contributed by atoms with Crippen LogP contribution in [0.15, 0.2) is 30.3 Å². The number of thiophene rings is 1. The highest BCUT2D eigenvalue weighted by molar-refractivity contribution is 7.14. The van der Waals surface area contributed by atoms with Crippen molar-refractivity contribution in [3.8, 4) is 0 Å². The molecule has 0 unspecified atom stereocenters. The number of fused-ring (bicyclic) bond motifs is 1. The molecule has 1 aromatic heterocycles. The van der Waals surface area contributed by atoms with Crippen LogP contribution in [0.4, 0.5) is 5.69 Å². The average Bonchev–Trinajstić information content (AvgIpc) is 2.90. The lowest BCUT2D eigenvalue weighted by Gasteiger charge is -2.07. The molecular weight excluding hydrogens is 350 g/mol. The maximum Gasteiger partial charge on any atom is 0.279 e. The first-order chi connectivity index (χ1) is 12.5. The van der Waals surface area contributed by atoms with Gasteiger partial charge in [-0.05, 0) is 61.6 Å². The van der Waals surface area contributed by atoms with Crippen molar-refractivity contribution in [3.05, 3.63) is 51.2 Å². The summed E-state index contributed by atoms with van der Waals surface area (Å²) in [5.41, 5.74) is 7.16. The second kappa shape index (κ2) is 8.14. The van der Waals surface area contributed by atoms with Crippen LogP contribution >= 0.6 is 11.3 Å². The summed E-state index contributed by atoms with van der Waals surface area (Å²) in [6.07, 6.45) is 5.61. The van der Waals surface area contributed by atoms with Crippen molar-refractivity contribution in [3.63, 3.8) is 0 Å². The number of hydrogen-bond donors (Lipinski definition) is 3. The second-order valence-corrected chi connectivity index (χ2v) is 7.42. The van der Waals surface area contributed by atoms with Gasteiger partial charge in [0.05, 0.1) is 4.88 Å². The molecule has 1 aliphatic carbocycles. The highest BCUT2D eigenvalue weighted by Crippen LogP contribution is 2.28. The van der Waals surface area contributed by atoms with Gasteiger partial charge in [-0.3, -0.25) is 25.2 Å². The molecule has 1 aliphatic rings. The number of rotatable bonds is 3. The predicted molar refractivity (Wildman–Crippen MR) is 101 cm³/mol. The summed E-state index contributed by atoms with van der Waals surface area (Å²) in [6, 6.07) is 8.37. The minimum absolute atomic E-state index is 0.177. The summed E-state index contributed by atoms with van der Waals surface area (Å²) in [5, 5.41) is 2.63. The molecule has 136 valence electrons. The first-order valence-electron chi connectivity index (χ1n) is 8.63. The quantitative estimate of drug-likeness (QED) is 0.572. The fourth-order valence-corrected chi connectivity index (χ4v) is 4.08. The Balaban J connectivity index is 1.57. The van der Waals surface area contributed by atoms with Gasteiger partial charge < -0.3 is 5.32 Å². The van der Waals surface area contributed by atoms with Crippen LogP contribution in [0.3, 0.4) is 0 Å². The molecule has 6 nitrogen and oxygen atoms in total. The summed E-state index contributed by atoms with van der Waals surface area (Å²) >= 11 is 1.51.